The van der Waals surface area contributed by atoms with Gasteiger partial charge in [-0.25, -0.2) is 0 Å². The van der Waals surface area contributed by atoms with Crippen molar-refractivity contribution in [2.45, 2.75) is 57.3 Å². The summed E-state index contributed by atoms with van der Waals surface area (Å²) < 4.78 is 6.32. The summed E-state index contributed by atoms with van der Waals surface area (Å²) >= 11 is 0. The topological polar surface area (TPSA) is 52.9 Å². The lowest BCUT2D eigenvalue weighted by atomic mass is 9.80. The molecule has 0 unspecified atom stereocenters. The van der Waals surface area contributed by atoms with Gasteiger partial charge < -0.3 is 19.8 Å². The Hall–Kier alpha value is -0.160. The van der Waals surface area contributed by atoms with Crippen molar-refractivity contribution in [3.8, 4) is 0 Å². The Kier molecular flexibility index (Phi) is 4.64. The first kappa shape index (κ1) is 14.3. The van der Waals surface area contributed by atoms with Crippen LogP contribution in [0.3, 0.4) is 0 Å². The highest BCUT2D eigenvalue weighted by atomic mass is 16.5. The number of nitrogens with zero attached hydrogens (tertiary/aromatic N) is 1. The highest BCUT2D eigenvalue weighted by molar-refractivity contribution is 4.94. The molecule has 2 aliphatic rings. The molecule has 1 spiro atoms. The van der Waals surface area contributed by atoms with E-state index in [1.165, 1.54) is 0 Å². The van der Waals surface area contributed by atoms with Crippen molar-refractivity contribution in [1.29, 1.82) is 0 Å². The van der Waals surface area contributed by atoms with E-state index in [1.807, 2.05) is 0 Å². The number of hydrogen-bond donors (Lipinski definition) is 2. The van der Waals surface area contributed by atoms with E-state index in [4.69, 9.17) is 9.84 Å². The van der Waals surface area contributed by atoms with Crippen LogP contribution in [-0.2, 0) is 4.74 Å². The van der Waals surface area contributed by atoms with Gasteiger partial charge in [0.05, 0.1) is 24.4 Å². The van der Waals surface area contributed by atoms with Gasteiger partial charge in [0.15, 0.2) is 0 Å². The van der Waals surface area contributed by atoms with Gasteiger partial charge in [-0.3, -0.25) is 0 Å². The summed E-state index contributed by atoms with van der Waals surface area (Å²) in [6.45, 7) is 7.25. The van der Waals surface area contributed by atoms with Crippen molar-refractivity contribution in [3.63, 3.8) is 0 Å². The van der Waals surface area contributed by atoms with Crippen LogP contribution in [0.4, 0.5) is 0 Å². The van der Waals surface area contributed by atoms with E-state index in [0.717, 1.165) is 45.3 Å². The van der Waals surface area contributed by atoms with Crippen LogP contribution in [0.5, 0.6) is 0 Å². The predicted molar refractivity (Wildman–Crippen MR) is 70.4 cm³/mol. The molecule has 2 saturated heterocycles. The molecule has 2 heterocycles. The number of rotatable bonds is 3. The molecule has 2 aliphatic heterocycles. The van der Waals surface area contributed by atoms with Gasteiger partial charge in [0.2, 0.25) is 0 Å². The summed E-state index contributed by atoms with van der Waals surface area (Å²) in [5.41, 5.74) is -0.113. The van der Waals surface area contributed by atoms with Crippen molar-refractivity contribution in [2.24, 2.45) is 5.92 Å². The van der Waals surface area contributed by atoms with Crippen LogP contribution in [0.2, 0.25) is 0 Å². The summed E-state index contributed by atoms with van der Waals surface area (Å²) in [6.07, 6.45) is 3.50. The summed E-state index contributed by atoms with van der Waals surface area (Å²) in [4.78, 5) is 2.28. The molecular formula is C14H27NO3. The molecule has 2 fully saturated rings. The van der Waals surface area contributed by atoms with Gasteiger partial charge >= 0.3 is 0 Å². The molecule has 0 aromatic carbocycles. The zero-order valence-corrected chi connectivity index (χ0v) is 11.6. The SMILES string of the molecule is CC(C)[C@H]1C[C@@H](O)CC2(CCN(CCO)CC2)O1. The number of aliphatic hydroxyl groups excluding tert-OH is 2. The number of hydrogen-bond acceptors (Lipinski definition) is 4. The number of ether oxygens (including phenoxy) is 1. The minimum absolute atomic E-state index is 0.113. The van der Waals surface area contributed by atoms with Gasteiger partial charge in [-0.1, -0.05) is 13.8 Å². The van der Waals surface area contributed by atoms with Gasteiger partial charge in [0.1, 0.15) is 0 Å². The maximum atomic E-state index is 10.1. The second-order valence-electron chi connectivity index (χ2n) is 6.24. The van der Waals surface area contributed by atoms with E-state index in [9.17, 15) is 5.11 Å². The maximum Gasteiger partial charge on any atom is 0.0735 e. The standard InChI is InChI=1S/C14H27NO3/c1-11(2)13-9-12(17)10-14(18-13)3-5-15(6-4-14)7-8-16/h11-13,16-17H,3-10H2,1-2H3/t12-,13-/m1/s1. The van der Waals surface area contributed by atoms with Gasteiger partial charge in [-0.05, 0) is 25.2 Å². The second-order valence-corrected chi connectivity index (χ2v) is 6.24. The van der Waals surface area contributed by atoms with Crippen molar-refractivity contribution in [3.05, 3.63) is 0 Å². The average molecular weight is 257 g/mol. The van der Waals surface area contributed by atoms with Crippen molar-refractivity contribution >= 4 is 0 Å². The molecule has 0 bridgehead atoms. The van der Waals surface area contributed by atoms with E-state index in [-0.39, 0.29) is 24.4 Å². The Morgan fingerprint density at radius 1 is 1.33 bits per heavy atom. The van der Waals surface area contributed by atoms with Crippen LogP contribution in [0, 0.1) is 5.92 Å². The molecule has 0 aliphatic carbocycles. The first-order chi connectivity index (χ1) is 8.54. The maximum absolute atomic E-state index is 10.1. The third-order valence-corrected chi connectivity index (χ3v) is 4.44. The minimum atomic E-state index is -0.212. The Balaban J connectivity index is 1.95. The highest BCUT2D eigenvalue weighted by Crippen LogP contribution is 2.39. The van der Waals surface area contributed by atoms with Crippen LogP contribution >= 0.6 is 0 Å². The van der Waals surface area contributed by atoms with Gasteiger partial charge in [-0.2, -0.15) is 0 Å². The quantitative estimate of drug-likeness (QED) is 0.792. The van der Waals surface area contributed by atoms with E-state index < -0.39 is 0 Å². The molecule has 2 rings (SSSR count). The number of likely N-dealkylation sites (tertiary alicyclic amines) is 1. The fraction of sp³-hybridized carbons (Fsp3) is 1.00. The Bertz CT molecular complexity index is 262. The molecule has 0 radical (unpaired) electrons. The molecule has 0 saturated carbocycles. The van der Waals surface area contributed by atoms with Crippen molar-refractivity contribution < 1.29 is 14.9 Å². The minimum Gasteiger partial charge on any atom is -0.395 e. The smallest absolute Gasteiger partial charge is 0.0735 e. The zero-order valence-electron chi connectivity index (χ0n) is 11.6. The molecule has 4 nitrogen and oxygen atoms in total. The van der Waals surface area contributed by atoms with E-state index in [2.05, 4.69) is 18.7 Å². The summed E-state index contributed by atoms with van der Waals surface area (Å²) in [6, 6.07) is 0. The first-order valence-electron chi connectivity index (χ1n) is 7.24. The predicted octanol–water partition coefficient (Wildman–Crippen LogP) is 1.01. The van der Waals surface area contributed by atoms with E-state index >= 15 is 0 Å². The lowest BCUT2D eigenvalue weighted by molar-refractivity contribution is -0.193. The number of β-amino-alcohol motifs (C(OH)–C–C–N with tert-alkyl or cyclic N) is 1. The van der Waals surface area contributed by atoms with Crippen molar-refractivity contribution in [1.82, 2.24) is 4.90 Å². The van der Waals surface area contributed by atoms with E-state index in [1.54, 1.807) is 0 Å². The molecule has 4 heteroatoms. The molecule has 0 aromatic rings. The molecule has 18 heavy (non-hydrogen) atoms. The van der Waals surface area contributed by atoms with Crippen LogP contribution in [-0.4, -0.2) is 59.2 Å². The average Bonchev–Trinajstić information content (AvgIpc) is 2.32. The van der Waals surface area contributed by atoms with Crippen LogP contribution in [0.15, 0.2) is 0 Å². The summed E-state index contributed by atoms with van der Waals surface area (Å²) in [5.74, 6) is 0.465. The van der Waals surface area contributed by atoms with E-state index in [0.29, 0.717) is 5.92 Å². The lowest BCUT2D eigenvalue weighted by Gasteiger charge is -2.48. The molecule has 106 valence electrons. The molecule has 2 N–H and O–H groups in total. The Morgan fingerprint density at radius 2 is 2.00 bits per heavy atom. The fourth-order valence-corrected chi connectivity index (χ4v) is 3.25. The third kappa shape index (κ3) is 3.23. The molecule has 0 aromatic heterocycles. The third-order valence-electron chi connectivity index (χ3n) is 4.44. The lowest BCUT2D eigenvalue weighted by Crippen LogP contribution is -2.54. The largest absolute Gasteiger partial charge is 0.395 e. The molecule has 2 atom stereocenters. The Labute approximate surface area is 110 Å². The Morgan fingerprint density at radius 3 is 2.56 bits per heavy atom. The monoisotopic (exact) mass is 257 g/mol. The van der Waals surface area contributed by atoms with Crippen LogP contribution in [0.25, 0.3) is 0 Å². The van der Waals surface area contributed by atoms with Crippen LogP contribution in [0.1, 0.15) is 39.5 Å². The summed E-state index contributed by atoms with van der Waals surface area (Å²) in [5, 5.41) is 19.0. The molecular weight excluding hydrogens is 230 g/mol. The van der Waals surface area contributed by atoms with Gasteiger partial charge in [0, 0.05) is 26.1 Å². The fourth-order valence-electron chi connectivity index (χ4n) is 3.25. The zero-order chi connectivity index (χ0) is 13.2. The summed E-state index contributed by atoms with van der Waals surface area (Å²) in [7, 11) is 0. The first-order valence-corrected chi connectivity index (χ1v) is 7.24. The highest BCUT2D eigenvalue weighted by Gasteiger charge is 2.43. The van der Waals surface area contributed by atoms with Gasteiger partial charge in [-0.15, -0.1) is 0 Å². The number of piperidine rings is 1. The second kappa shape index (κ2) is 5.87. The normalized spacial score (nSPS) is 33.2. The van der Waals surface area contributed by atoms with Crippen LogP contribution < -0.4 is 0 Å². The number of aliphatic hydroxyl groups is 2. The van der Waals surface area contributed by atoms with Crippen molar-refractivity contribution in [2.75, 3.05) is 26.2 Å². The molecule has 0 amide bonds. The van der Waals surface area contributed by atoms with Gasteiger partial charge in [0.25, 0.3) is 0 Å².